The van der Waals surface area contributed by atoms with Crippen LogP contribution in [0.25, 0.3) is 0 Å². The number of hydrogen-bond acceptors (Lipinski definition) is 2. The maximum atomic E-state index is 4.62. The highest BCUT2D eigenvalue weighted by Crippen LogP contribution is 2.27. The molecule has 1 aliphatic heterocycles. The quantitative estimate of drug-likeness (QED) is 0.736. The molecule has 2 rings (SSSR count). The monoisotopic (exact) mass is 190 g/mol. The van der Waals surface area contributed by atoms with E-state index < -0.39 is 0 Å². The van der Waals surface area contributed by atoms with Crippen LogP contribution in [-0.4, -0.2) is 11.5 Å². The minimum atomic E-state index is 0.529. The first-order valence-electron chi connectivity index (χ1n) is 5.43. The lowest BCUT2D eigenvalue weighted by molar-refractivity contribution is 0.781. The van der Waals surface area contributed by atoms with Crippen LogP contribution in [0.2, 0.25) is 0 Å². The molecule has 1 aromatic rings. The fourth-order valence-corrected chi connectivity index (χ4v) is 1.99. The van der Waals surface area contributed by atoms with Crippen LogP contribution in [-0.2, 0) is 6.42 Å². The van der Waals surface area contributed by atoms with Crippen molar-refractivity contribution in [3.63, 3.8) is 0 Å². The van der Waals surface area contributed by atoms with Gasteiger partial charge in [0.2, 0.25) is 0 Å². The Kier molecular flexibility index (Phi) is 2.44. The Labute approximate surface area is 85.7 Å². The summed E-state index contributed by atoms with van der Waals surface area (Å²) in [4.78, 5) is 4.62. The first-order valence-corrected chi connectivity index (χ1v) is 5.43. The Morgan fingerprint density at radius 2 is 2.21 bits per heavy atom. The standard InChI is InChI=1S/C12H18N2/c1-8(2)11-7-10-5-4-6-13-12(10)9(3)14-11/h7-8,13H,4-6H2,1-3H3. The van der Waals surface area contributed by atoms with E-state index in [4.69, 9.17) is 0 Å². The highest BCUT2D eigenvalue weighted by Gasteiger charge is 2.14. The van der Waals surface area contributed by atoms with E-state index in [1.54, 1.807) is 0 Å². The third-order valence-corrected chi connectivity index (χ3v) is 2.82. The van der Waals surface area contributed by atoms with Crippen LogP contribution < -0.4 is 5.32 Å². The Hall–Kier alpha value is -1.05. The van der Waals surface area contributed by atoms with Crippen molar-refractivity contribution >= 4 is 5.69 Å². The molecule has 2 nitrogen and oxygen atoms in total. The number of hydrogen-bond donors (Lipinski definition) is 1. The van der Waals surface area contributed by atoms with Crippen molar-refractivity contribution in [1.82, 2.24) is 4.98 Å². The molecule has 0 radical (unpaired) electrons. The van der Waals surface area contributed by atoms with Gasteiger partial charge in [-0.15, -0.1) is 0 Å². The molecule has 0 fully saturated rings. The summed E-state index contributed by atoms with van der Waals surface area (Å²) < 4.78 is 0. The van der Waals surface area contributed by atoms with Gasteiger partial charge in [-0.05, 0) is 37.3 Å². The Morgan fingerprint density at radius 3 is 2.93 bits per heavy atom. The number of rotatable bonds is 1. The molecule has 2 heteroatoms. The molecular formula is C12H18N2. The summed E-state index contributed by atoms with van der Waals surface area (Å²) in [7, 11) is 0. The molecule has 0 spiro atoms. The van der Waals surface area contributed by atoms with Crippen LogP contribution in [0.1, 0.15) is 43.1 Å². The molecule has 1 N–H and O–H groups in total. The van der Waals surface area contributed by atoms with Crippen LogP contribution in [0.5, 0.6) is 0 Å². The number of nitrogens with zero attached hydrogens (tertiary/aromatic N) is 1. The van der Waals surface area contributed by atoms with E-state index in [1.165, 1.54) is 29.8 Å². The molecule has 0 aromatic carbocycles. The van der Waals surface area contributed by atoms with Crippen molar-refractivity contribution in [2.24, 2.45) is 0 Å². The normalized spacial score (nSPS) is 15.1. The van der Waals surface area contributed by atoms with Crippen molar-refractivity contribution in [3.05, 3.63) is 23.0 Å². The van der Waals surface area contributed by atoms with Gasteiger partial charge in [-0.2, -0.15) is 0 Å². The molecule has 1 aromatic heterocycles. The largest absolute Gasteiger partial charge is 0.383 e. The van der Waals surface area contributed by atoms with E-state index in [2.05, 4.69) is 37.1 Å². The zero-order chi connectivity index (χ0) is 10.1. The van der Waals surface area contributed by atoms with Crippen molar-refractivity contribution in [3.8, 4) is 0 Å². The molecule has 0 unspecified atom stereocenters. The van der Waals surface area contributed by atoms with Gasteiger partial charge in [-0.1, -0.05) is 13.8 Å². The molecule has 0 saturated heterocycles. The summed E-state index contributed by atoms with van der Waals surface area (Å²) in [5.74, 6) is 0.529. The number of anilines is 1. The molecule has 0 aliphatic carbocycles. The van der Waals surface area contributed by atoms with Gasteiger partial charge in [0.05, 0.1) is 11.4 Å². The molecule has 0 atom stereocenters. The third-order valence-electron chi connectivity index (χ3n) is 2.82. The zero-order valence-corrected chi connectivity index (χ0v) is 9.22. The van der Waals surface area contributed by atoms with Crippen LogP contribution >= 0.6 is 0 Å². The second-order valence-corrected chi connectivity index (χ2v) is 4.35. The van der Waals surface area contributed by atoms with Gasteiger partial charge in [-0.25, -0.2) is 0 Å². The fourth-order valence-electron chi connectivity index (χ4n) is 1.99. The Morgan fingerprint density at radius 1 is 1.43 bits per heavy atom. The number of aromatic nitrogens is 1. The number of nitrogens with one attached hydrogen (secondary N) is 1. The van der Waals surface area contributed by atoms with E-state index in [1.807, 2.05) is 0 Å². The number of pyridine rings is 1. The van der Waals surface area contributed by atoms with Crippen LogP contribution in [0.15, 0.2) is 6.07 Å². The van der Waals surface area contributed by atoms with Gasteiger partial charge in [-0.3, -0.25) is 4.98 Å². The summed E-state index contributed by atoms with van der Waals surface area (Å²) in [6, 6.07) is 2.26. The van der Waals surface area contributed by atoms with E-state index in [9.17, 15) is 0 Å². The first kappa shape index (κ1) is 9.50. The summed E-state index contributed by atoms with van der Waals surface area (Å²) in [6.45, 7) is 7.59. The van der Waals surface area contributed by atoms with Crippen molar-refractivity contribution in [2.45, 2.75) is 39.5 Å². The van der Waals surface area contributed by atoms with Crippen LogP contribution in [0.3, 0.4) is 0 Å². The van der Waals surface area contributed by atoms with Gasteiger partial charge < -0.3 is 5.32 Å². The van der Waals surface area contributed by atoms with E-state index in [0.29, 0.717) is 5.92 Å². The Bertz CT molecular complexity index is 342. The SMILES string of the molecule is Cc1nc(C(C)C)cc2c1NCCC2. The molecule has 76 valence electrons. The lowest BCUT2D eigenvalue weighted by Gasteiger charge is -2.21. The first-order chi connectivity index (χ1) is 6.68. The smallest absolute Gasteiger partial charge is 0.0610 e. The Balaban J connectivity index is 2.46. The molecule has 2 heterocycles. The molecule has 0 saturated carbocycles. The highest BCUT2D eigenvalue weighted by molar-refractivity contribution is 5.57. The number of fused-ring (bicyclic) bond motifs is 1. The molecular weight excluding hydrogens is 172 g/mol. The van der Waals surface area contributed by atoms with Crippen LogP contribution in [0.4, 0.5) is 5.69 Å². The van der Waals surface area contributed by atoms with Crippen molar-refractivity contribution in [2.75, 3.05) is 11.9 Å². The molecule has 14 heavy (non-hydrogen) atoms. The van der Waals surface area contributed by atoms with E-state index in [-0.39, 0.29) is 0 Å². The summed E-state index contributed by atoms with van der Waals surface area (Å²) in [5, 5.41) is 3.43. The fraction of sp³-hybridized carbons (Fsp3) is 0.583. The highest BCUT2D eigenvalue weighted by atomic mass is 14.9. The molecule has 0 bridgehead atoms. The van der Waals surface area contributed by atoms with Crippen molar-refractivity contribution < 1.29 is 0 Å². The van der Waals surface area contributed by atoms with Crippen LogP contribution in [0, 0.1) is 6.92 Å². The summed E-state index contributed by atoms with van der Waals surface area (Å²) in [6.07, 6.45) is 2.44. The molecule has 0 amide bonds. The van der Waals surface area contributed by atoms with Gasteiger partial charge >= 0.3 is 0 Å². The summed E-state index contributed by atoms with van der Waals surface area (Å²) >= 11 is 0. The predicted molar refractivity (Wildman–Crippen MR) is 59.9 cm³/mol. The number of aryl methyl sites for hydroxylation is 2. The van der Waals surface area contributed by atoms with E-state index >= 15 is 0 Å². The maximum Gasteiger partial charge on any atom is 0.0610 e. The van der Waals surface area contributed by atoms with Gasteiger partial charge in [0.25, 0.3) is 0 Å². The van der Waals surface area contributed by atoms with Crippen molar-refractivity contribution in [1.29, 1.82) is 0 Å². The minimum absolute atomic E-state index is 0.529. The predicted octanol–water partition coefficient (Wildman–Crippen LogP) is 2.87. The lowest BCUT2D eigenvalue weighted by Crippen LogP contribution is -2.15. The van der Waals surface area contributed by atoms with Gasteiger partial charge in [0, 0.05) is 12.2 Å². The lowest BCUT2D eigenvalue weighted by atomic mass is 9.99. The maximum absolute atomic E-state index is 4.62. The van der Waals surface area contributed by atoms with Gasteiger partial charge in [0.15, 0.2) is 0 Å². The second-order valence-electron chi connectivity index (χ2n) is 4.35. The summed E-state index contributed by atoms with van der Waals surface area (Å²) in [5.41, 5.74) is 5.11. The average molecular weight is 190 g/mol. The third kappa shape index (κ3) is 1.61. The molecule has 1 aliphatic rings. The van der Waals surface area contributed by atoms with Gasteiger partial charge in [0.1, 0.15) is 0 Å². The topological polar surface area (TPSA) is 24.9 Å². The second kappa shape index (κ2) is 3.60. The zero-order valence-electron chi connectivity index (χ0n) is 9.22. The van der Waals surface area contributed by atoms with E-state index in [0.717, 1.165) is 12.2 Å². The average Bonchev–Trinajstić information content (AvgIpc) is 2.17. The minimum Gasteiger partial charge on any atom is -0.383 e.